The molecule has 3 unspecified atom stereocenters. The van der Waals surface area contributed by atoms with Gasteiger partial charge in [0, 0.05) is 48.7 Å². The predicted octanol–water partition coefficient (Wildman–Crippen LogP) is 3.09. The van der Waals surface area contributed by atoms with Crippen LogP contribution >= 0.6 is 0 Å². The fraction of sp³-hybridized carbons (Fsp3) is 0.455. The molecule has 6 nitrogen and oxygen atoms in total. The van der Waals surface area contributed by atoms with Gasteiger partial charge in [-0.05, 0) is 56.2 Å². The minimum atomic E-state index is -0.492. The van der Waals surface area contributed by atoms with E-state index < -0.39 is 5.92 Å². The van der Waals surface area contributed by atoms with Crippen LogP contribution in [0.4, 0.5) is 0 Å². The number of carbonyl (C=O) groups excluding carboxylic acids is 2. The first kappa shape index (κ1) is 20.0. The highest BCUT2D eigenvalue weighted by Crippen LogP contribution is 2.39. The van der Waals surface area contributed by atoms with Crippen LogP contribution in [0.3, 0.4) is 0 Å². The van der Waals surface area contributed by atoms with Gasteiger partial charge >= 0.3 is 5.97 Å². The van der Waals surface area contributed by atoms with E-state index in [0.29, 0.717) is 6.42 Å². The zero-order valence-corrected chi connectivity index (χ0v) is 16.8. The predicted molar refractivity (Wildman–Crippen MR) is 106 cm³/mol. The number of nitrogens with zero attached hydrogens (tertiary/aromatic N) is 3. The summed E-state index contributed by atoms with van der Waals surface area (Å²) in [6, 6.07) is 7.68. The fourth-order valence-electron chi connectivity index (χ4n) is 4.19. The van der Waals surface area contributed by atoms with Gasteiger partial charge in [0.05, 0.1) is 19.4 Å². The van der Waals surface area contributed by atoms with Gasteiger partial charge in [-0.2, -0.15) is 0 Å². The molecule has 28 heavy (non-hydrogen) atoms. The number of aromatic nitrogens is 2. The van der Waals surface area contributed by atoms with Crippen LogP contribution in [0.1, 0.15) is 55.8 Å². The Morgan fingerprint density at radius 1 is 1.25 bits per heavy atom. The molecule has 0 saturated carbocycles. The van der Waals surface area contributed by atoms with Gasteiger partial charge in [-0.1, -0.05) is 0 Å². The third-order valence-electron chi connectivity index (χ3n) is 5.41. The molecule has 3 heterocycles. The number of rotatable bonds is 5. The standard InChI is InChI=1S/C22H27N3O3/c1-14(2)25-15(3)11-18-12-17(7-10-24-18)21(22(25)27)19(13-20(26)28-4)16-5-8-23-9-6-16/h5-10,12,14-15,19,21H,11,13H2,1-4H3. The summed E-state index contributed by atoms with van der Waals surface area (Å²) in [7, 11) is 1.37. The van der Waals surface area contributed by atoms with Crippen molar-refractivity contribution < 1.29 is 14.3 Å². The summed E-state index contributed by atoms with van der Waals surface area (Å²) in [6.45, 7) is 6.10. The first-order valence-electron chi connectivity index (χ1n) is 9.66. The van der Waals surface area contributed by atoms with Gasteiger partial charge < -0.3 is 9.64 Å². The maximum Gasteiger partial charge on any atom is 0.306 e. The van der Waals surface area contributed by atoms with Crippen molar-refractivity contribution in [2.75, 3.05) is 7.11 Å². The first-order valence-corrected chi connectivity index (χ1v) is 9.66. The molecule has 3 atom stereocenters. The molecule has 6 heteroatoms. The molecule has 0 N–H and O–H groups in total. The zero-order chi connectivity index (χ0) is 20.3. The molecule has 2 aromatic rings. The second-order valence-electron chi connectivity index (χ2n) is 7.62. The average Bonchev–Trinajstić information content (AvgIpc) is 2.67. The Balaban J connectivity index is 2.15. The number of carbonyl (C=O) groups is 2. The Labute approximate surface area is 165 Å². The maximum atomic E-state index is 13.8. The normalized spacial score (nSPS) is 20.5. The van der Waals surface area contributed by atoms with Crippen molar-refractivity contribution >= 4 is 11.9 Å². The topological polar surface area (TPSA) is 72.4 Å². The van der Waals surface area contributed by atoms with Crippen LogP contribution in [0.25, 0.3) is 0 Å². The van der Waals surface area contributed by atoms with Crippen LogP contribution in [0.15, 0.2) is 42.9 Å². The minimum Gasteiger partial charge on any atom is -0.469 e. The lowest BCUT2D eigenvalue weighted by Gasteiger charge is -2.39. The largest absolute Gasteiger partial charge is 0.469 e. The second kappa shape index (κ2) is 8.50. The Morgan fingerprint density at radius 2 is 1.96 bits per heavy atom. The highest BCUT2D eigenvalue weighted by Gasteiger charge is 2.39. The molecule has 1 amide bonds. The van der Waals surface area contributed by atoms with E-state index in [4.69, 9.17) is 4.74 Å². The van der Waals surface area contributed by atoms with E-state index in [1.165, 1.54) is 7.11 Å². The summed E-state index contributed by atoms with van der Waals surface area (Å²) in [5, 5.41) is 0. The molecular formula is C22H27N3O3. The first-order chi connectivity index (χ1) is 13.4. The monoisotopic (exact) mass is 381 g/mol. The van der Waals surface area contributed by atoms with Crippen molar-refractivity contribution in [2.45, 2.75) is 57.5 Å². The van der Waals surface area contributed by atoms with Crippen LogP contribution in [-0.2, 0) is 20.7 Å². The molecule has 1 aliphatic rings. The minimum absolute atomic E-state index is 0.0225. The van der Waals surface area contributed by atoms with E-state index >= 15 is 0 Å². The SMILES string of the molecule is COC(=O)CC(c1ccncc1)C1C(=O)N(C(C)C)C(C)Cc2cc1ccn2. The molecule has 148 valence electrons. The van der Waals surface area contributed by atoms with Gasteiger partial charge in [-0.3, -0.25) is 19.6 Å². The number of methoxy groups -OCH3 is 1. The van der Waals surface area contributed by atoms with Crippen molar-refractivity contribution in [3.63, 3.8) is 0 Å². The van der Waals surface area contributed by atoms with E-state index in [9.17, 15) is 9.59 Å². The van der Waals surface area contributed by atoms with Gasteiger partial charge in [0.1, 0.15) is 0 Å². The van der Waals surface area contributed by atoms with Crippen molar-refractivity contribution in [1.82, 2.24) is 14.9 Å². The highest BCUT2D eigenvalue weighted by molar-refractivity contribution is 5.87. The highest BCUT2D eigenvalue weighted by atomic mass is 16.5. The van der Waals surface area contributed by atoms with Crippen LogP contribution in [0, 0.1) is 0 Å². The molecular weight excluding hydrogens is 354 g/mol. The quantitative estimate of drug-likeness (QED) is 0.744. The molecule has 0 radical (unpaired) electrons. The lowest BCUT2D eigenvalue weighted by molar-refractivity contribution is -0.142. The van der Waals surface area contributed by atoms with Crippen LogP contribution in [-0.4, -0.2) is 45.9 Å². The molecule has 0 aromatic carbocycles. The zero-order valence-electron chi connectivity index (χ0n) is 16.8. The van der Waals surface area contributed by atoms with Crippen molar-refractivity contribution in [3.8, 4) is 0 Å². The number of esters is 1. The Bertz CT molecular complexity index is 838. The van der Waals surface area contributed by atoms with Crippen molar-refractivity contribution in [1.29, 1.82) is 0 Å². The van der Waals surface area contributed by atoms with E-state index in [-0.39, 0.29) is 36.3 Å². The Hall–Kier alpha value is -2.76. The fourth-order valence-corrected chi connectivity index (χ4v) is 4.19. The Morgan fingerprint density at radius 3 is 2.61 bits per heavy atom. The molecule has 0 spiro atoms. The summed E-state index contributed by atoms with van der Waals surface area (Å²) in [4.78, 5) is 36.5. The van der Waals surface area contributed by atoms with E-state index in [1.54, 1.807) is 18.6 Å². The van der Waals surface area contributed by atoms with E-state index in [2.05, 4.69) is 16.9 Å². The van der Waals surface area contributed by atoms with Crippen molar-refractivity contribution in [2.24, 2.45) is 0 Å². The molecule has 0 saturated heterocycles. The summed E-state index contributed by atoms with van der Waals surface area (Å²) >= 11 is 0. The third-order valence-corrected chi connectivity index (χ3v) is 5.41. The number of hydrogen-bond donors (Lipinski definition) is 0. The van der Waals surface area contributed by atoms with Gasteiger partial charge in [-0.25, -0.2) is 0 Å². The second-order valence-corrected chi connectivity index (χ2v) is 7.62. The molecule has 0 fully saturated rings. The van der Waals surface area contributed by atoms with Gasteiger partial charge in [0.15, 0.2) is 0 Å². The number of amides is 1. The van der Waals surface area contributed by atoms with Gasteiger partial charge in [-0.15, -0.1) is 0 Å². The molecule has 1 aliphatic heterocycles. The van der Waals surface area contributed by atoms with Crippen LogP contribution < -0.4 is 0 Å². The molecule has 3 rings (SSSR count). The van der Waals surface area contributed by atoms with E-state index in [0.717, 1.165) is 16.8 Å². The molecule has 2 aromatic heterocycles. The summed E-state index contributed by atoms with van der Waals surface area (Å²) in [6.07, 6.45) is 5.96. The third kappa shape index (κ3) is 4.06. The summed E-state index contributed by atoms with van der Waals surface area (Å²) < 4.78 is 4.94. The van der Waals surface area contributed by atoms with Crippen LogP contribution in [0.5, 0.6) is 0 Å². The number of fused-ring (bicyclic) bond motifs is 2. The summed E-state index contributed by atoms with van der Waals surface area (Å²) in [5.74, 6) is -1.14. The summed E-state index contributed by atoms with van der Waals surface area (Å²) in [5.41, 5.74) is 2.74. The van der Waals surface area contributed by atoms with Gasteiger partial charge in [0.25, 0.3) is 0 Å². The Kier molecular flexibility index (Phi) is 6.07. The number of hydrogen-bond acceptors (Lipinski definition) is 5. The lowest BCUT2D eigenvalue weighted by Crippen LogP contribution is -2.48. The molecule has 0 aliphatic carbocycles. The van der Waals surface area contributed by atoms with Crippen molar-refractivity contribution in [3.05, 3.63) is 59.7 Å². The maximum absolute atomic E-state index is 13.8. The lowest BCUT2D eigenvalue weighted by atomic mass is 9.77. The van der Waals surface area contributed by atoms with Crippen LogP contribution in [0.2, 0.25) is 0 Å². The van der Waals surface area contributed by atoms with Gasteiger partial charge in [0.2, 0.25) is 5.91 Å². The smallest absolute Gasteiger partial charge is 0.306 e. The average molecular weight is 381 g/mol. The number of pyridine rings is 2. The number of ether oxygens (including phenoxy) is 1. The van der Waals surface area contributed by atoms with E-state index in [1.807, 2.05) is 43.0 Å². The molecule has 2 bridgehead atoms.